The quantitative estimate of drug-likeness (QED) is 0.842. The van der Waals surface area contributed by atoms with E-state index in [2.05, 4.69) is 4.90 Å². The van der Waals surface area contributed by atoms with Gasteiger partial charge in [0, 0.05) is 19.6 Å². The standard InChI is InChI=1S/C19H25FN2O3/c20-16-4-2-15(3-5-16)14-21-11-8-19(9-12-21)7-6-17(25-19)18(23)22-10-1-13-24-22/h2-5,17H,1,6-14H2/t17-/m1/s1. The Morgan fingerprint density at radius 1 is 1.16 bits per heavy atom. The first kappa shape index (κ1) is 16.9. The fourth-order valence-corrected chi connectivity index (χ4v) is 4.10. The molecule has 0 bridgehead atoms. The maximum atomic E-state index is 13.0. The lowest BCUT2D eigenvalue weighted by Crippen LogP contribution is -2.45. The van der Waals surface area contributed by atoms with E-state index in [1.807, 2.05) is 12.1 Å². The van der Waals surface area contributed by atoms with Crippen molar-refractivity contribution in [2.75, 3.05) is 26.2 Å². The van der Waals surface area contributed by atoms with E-state index in [1.165, 1.54) is 17.2 Å². The average Bonchev–Trinajstić information content (AvgIpc) is 3.29. The number of hydrogen-bond acceptors (Lipinski definition) is 4. The molecule has 1 atom stereocenters. The minimum atomic E-state index is -0.346. The van der Waals surface area contributed by atoms with E-state index in [9.17, 15) is 9.18 Å². The second-order valence-corrected chi connectivity index (χ2v) is 7.36. The van der Waals surface area contributed by atoms with E-state index in [4.69, 9.17) is 9.57 Å². The number of amides is 1. The maximum absolute atomic E-state index is 13.0. The van der Waals surface area contributed by atoms with Crippen LogP contribution in [0.2, 0.25) is 0 Å². The fraction of sp³-hybridized carbons (Fsp3) is 0.632. The molecule has 0 aliphatic carbocycles. The number of hydrogen-bond donors (Lipinski definition) is 0. The molecular formula is C19H25FN2O3. The molecule has 0 N–H and O–H groups in total. The van der Waals surface area contributed by atoms with Gasteiger partial charge >= 0.3 is 0 Å². The minimum Gasteiger partial charge on any atom is -0.362 e. The molecule has 3 aliphatic rings. The largest absolute Gasteiger partial charge is 0.362 e. The van der Waals surface area contributed by atoms with Gasteiger partial charge in [-0.1, -0.05) is 12.1 Å². The molecule has 5 nitrogen and oxygen atoms in total. The van der Waals surface area contributed by atoms with E-state index in [0.717, 1.165) is 57.3 Å². The van der Waals surface area contributed by atoms with Gasteiger partial charge in [-0.05, 0) is 49.8 Å². The Labute approximate surface area is 147 Å². The van der Waals surface area contributed by atoms with Crippen molar-refractivity contribution in [1.82, 2.24) is 9.96 Å². The zero-order valence-corrected chi connectivity index (χ0v) is 14.5. The minimum absolute atomic E-state index is 0.0110. The summed E-state index contributed by atoms with van der Waals surface area (Å²) in [5, 5.41) is 1.48. The van der Waals surface area contributed by atoms with E-state index < -0.39 is 0 Å². The normalized spacial score (nSPS) is 26.4. The van der Waals surface area contributed by atoms with Gasteiger partial charge in [0.1, 0.15) is 11.9 Å². The number of piperidine rings is 1. The summed E-state index contributed by atoms with van der Waals surface area (Å²) in [5.74, 6) is -0.207. The molecule has 1 aromatic rings. The van der Waals surface area contributed by atoms with E-state index in [0.29, 0.717) is 13.2 Å². The van der Waals surface area contributed by atoms with Crippen LogP contribution in [0.1, 0.15) is 37.7 Å². The third kappa shape index (κ3) is 3.71. The first-order chi connectivity index (χ1) is 12.1. The summed E-state index contributed by atoms with van der Waals surface area (Å²) in [4.78, 5) is 20.2. The monoisotopic (exact) mass is 348 g/mol. The van der Waals surface area contributed by atoms with Crippen molar-refractivity contribution >= 4 is 5.91 Å². The van der Waals surface area contributed by atoms with Gasteiger partial charge in [0.2, 0.25) is 0 Å². The van der Waals surface area contributed by atoms with Crippen LogP contribution in [0.4, 0.5) is 4.39 Å². The Bertz CT molecular complexity index is 608. The Kier molecular flexibility index (Phi) is 4.75. The van der Waals surface area contributed by atoms with Gasteiger partial charge in [0.25, 0.3) is 5.91 Å². The summed E-state index contributed by atoms with van der Waals surface area (Å²) in [7, 11) is 0. The maximum Gasteiger partial charge on any atom is 0.275 e. The molecule has 3 aliphatic heterocycles. The van der Waals surface area contributed by atoms with Crippen LogP contribution in [0.25, 0.3) is 0 Å². The van der Waals surface area contributed by atoms with Crippen molar-refractivity contribution in [2.45, 2.75) is 50.4 Å². The van der Waals surface area contributed by atoms with Crippen LogP contribution >= 0.6 is 0 Å². The summed E-state index contributed by atoms with van der Waals surface area (Å²) < 4.78 is 19.2. The van der Waals surface area contributed by atoms with Gasteiger partial charge in [-0.15, -0.1) is 0 Å². The topological polar surface area (TPSA) is 42.0 Å². The molecule has 1 amide bonds. The predicted molar refractivity (Wildman–Crippen MR) is 90.0 cm³/mol. The fourth-order valence-electron chi connectivity index (χ4n) is 4.10. The number of hydroxylamine groups is 2. The highest BCUT2D eigenvalue weighted by Gasteiger charge is 2.46. The molecule has 0 radical (unpaired) electrons. The third-order valence-corrected chi connectivity index (χ3v) is 5.62. The Balaban J connectivity index is 1.29. The molecule has 136 valence electrons. The lowest BCUT2D eigenvalue weighted by Gasteiger charge is -2.39. The summed E-state index contributed by atoms with van der Waals surface area (Å²) in [6.07, 6.45) is 4.18. The van der Waals surface area contributed by atoms with Gasteiger partial charge in [-0.2, -0.15) is 0 Å². The van der Waals surface area contributed by atoms with Gasteiger partial charge in [0.05, 0.1) is 18.8 Å². The molecule has 0 saturated carbocycles. The number of likely N-dealkylation sites (tertiary alicyclic amines) is 1. The summed E-state index contributed by atoms with van der Waals surface area (Å²) >= 11 is 0. The van der Waals surface area contributed by atoms with Crippen LogP contribution in [0, 0.1) is 5.82 Å². The van der Waals surface area contributed by atoms with Crippen LogP contribution in [0.5, 0.6) is 0 Å². The summed E-state index contributed by atoms with van der Waals surface area (Å²) in [6, 6.07) is 6.71. The average molecular weight is 348 g/mol. The van der Waals surface area contributed by atoms with Gasteiger partial charge in [-0.25, -0.2) is 9.45 Å². The van der Waals surface area contributed by atoms with E-state index in [-0.39, 0.29) is 23.4 Å². The van der Waals surface area contributed by atoms with E-state index in [1.54, 1.807) is 0 Å². The number of ether oxygens (including phenoxy) is 1. The number of halogens is 1. The first-order valence-electron chi connectivity index (χ1n) is 9.23. The number of nitrogens with zero attached hydrogens (tertiary/aromatic N) is 2. The highest BCUT2D eigenvalue weighted by Crippen LogP contribution is 2.39. The first-order valence-corrected chi connectivity index (χ1v) is 9.23. The lowest BCUT2D eigenvalue weighted by atomic mass is 9.88. The molecule has 3 fully saturated rings. The lowest BCUT2D eigenvalue weighted by molar-refractivity contribution is -0.185. The number of carbonyl (C=O) groups excluding carboxylic acids is 1. The van der Waals surface area contributed by atoms with Crippen LogP contribution in [0.15, 0.2) is 24.3 Å². The molecule has 1 aromatic carbocycles. The molecule has 0 aromatic heterocycles. The van der Waals surface area contributed by atoms with Crippen LogP contribution in [-0.4, -0.2) is 53.8 Å². The van der Waals surface area contributed by atoms with Crippen molar-refractivity contribution in [1.29, 1.82) is 0 Å². The van der Waals surface area contributed by atoms with Crippen LogP contribution in [0.3, 0.4) is 0 Å². The van der Waals surface area contributed by atoms with Crippen molar-refractivity contribution in [3.63, 3.8) is 0 Å². The van der Waals surface area contributed by atoms with Crippen molar-refractivity contribution in [2.24, 2.45) is 0 Å². The van der Waals surface area contributed by atoms with Crippen LogP contribution in [-0.2, 0) is 20.9 Å². The molecule has 3 heterocycles. The summed E-state index contributed by atoms with van der Waals surface area (Å²) in [5.41, 5.74) is 0.975. The predicted octanol–water partition coefficient (Wildman–Crippen LogP) is 2.50. The van der Waals surface area contributed by atoms with Gasteiger partial charge in [0.15, 0.2) is 0 Å². The molecule has 3 saturated heterocycles. The van der Waals surface area contributed by atoms with Crippen molar-refractivity contribution in [3.05, 3.63) is 35.6 Å². The molecule has 0 unspecified atom stereocenters. The summed E-state index contributed by atoms with van der Waals surface area (Å²) in [6.45, 7) is 4.02. The van der Waals surface area contributed by atoms with Gasteiger partial charge in [-0.3, -0.25) is 14.5 Å². The Morgan fingerprint density at radius 3 is 2.60 bits per heavy atom. The molecule has 6 heteroatoms. The van der Waals surface area contributed by atoms with E-state index >= 15 is 0 Å². The molecule has 1 spiro atoms. The van der Waals surface area contributed by atoms with Crippen molar-refractivity contribution < 1.29 is 18.8 Å². The molecular weight excluding hydrogens is 323 g/mol. The molecule has 25 heavy (non-hydrogen) atoms. The highest BCUT2D eigenvalue weighted by atomic mass is 19.1. The van der Waals surface area contributed by atoms with Crippen molar-refractivity contribution in [3.8, 4) is 0 Å². The second kappa shape index (κ2) is 7.02. The smallest absolute Gasteiger partial charge is 0.275 e. The highest BCUT2D eigenvalue weighted by molar-refractivity contribution is 5.80. The number of carbonyl (C=O) groups is 1. The second-order valence-electron chi connectivity index (χ2n) is 7.36. The molecule has 4 rings (SSSR count). The van der Waals surface area contributed by atoms with Gasteiger partial charge < -0.3 is 4.74 Å². The SMILES string of the molecule is O=C([C@H]1CCC2(CCN(Cc3ccc(F)cc3)CC2)O1)N1CCCO1. The third-order valence-electron chi connectivity index (χ3n) is 5.62. The zero-order chi connectivity index (χ0) is 17.3. The number of benzene rings is 1. The Hall–Kier alpha value is -1.50. The zero-order valence-electron chi connectivity index (χ0n) is 14.5. The van der Waals surface area contributed by atoms with Crippen LogP contribution < -0.4 is 0 Å². The Morgan fingerprint density at radius 2 is 1.92 bits per heavy atom. The number of rotatable bonds is 3.